The summed E-state index contributed by atoms with van der Waals surface area (Å²) in [5.41, 5.74) is 0. The minimum absolute atomic E-state index is 0.0728. The van der Waals surface area contributed by atoms with Crippen LogP contribution in [0.5, 0.6) is 0 Å². The summed E-state index contributed by atoms with van der Waals surface area (Å²) in [6, 6.07) is 7.86. The summed E-state index contributed by atoms with van der Waals surface area (Å²) in [5, 5.41) is 3.70. The number of benzene rings is 1. The molecule has 0 fully saturated rings. The highest BCUT2D eigenvalue weighted by atomic mass is 35.5. The third-order valence-electron chi connectivity index (χ3n) is 2.55. The molecule has 0 heterocycles. The molecular formula is C13H18ClNOS. The number of thioether (sulfide) groups is 1. The van der Waals surface area contributed by atoms with Gasteiger partial charge in [-0.25, -0.2) is 0 Å². The van der Waals surface area contributed by atoms with Crippen molar-refractivity contribution in [3.8, 4) is 0 Å². The Hall–Kier alpha value is -0.670. The van der Waals surface area contributed by atoms with Crippen LogP contribution < -0.4 is 5.32 Å². The maximum absolute atomic E-state index is 11.7. The number of halogens is 1. The van der Waals surface area contributed by atoms with Crippen LogP contribution in [0.1, 0.15) is 26.7 Å². The van der Waals surface area contributed by atoms with E-state index >= 15 is 0 Å². The lowest BCUT2D eigenvalue weighted by Crippen LogP contribution is -2.34. The summed E-state index contributed by atoms with van der Waals surface area (Å²) in [6.07, 6.45) is 1.94. The van der Waals surface area contributed by atoms with Crippen LogP contribution in [-0.2, 0) is 4.79 Å². The van der Waals surface area contributed by atoms with Crippen molar-refractivity contribution >= 4 is 29.3 Å². The fourth-order valence-corrected chi connectivity index (χ4v) is 2.52. The fourth-order valence-electron chi connectivity index (χ4n) is 1.47. The number of nitrogens with one attached hydrogen (secondary N) is 1. The molecule has 1 amide bonds. The van der Waals surface area contributed by atoms with Crippen molar-refractivity contribution in [2.45, 2.75) is 37.6 Å². The summed E-state index contributed by atoms with van der Waals surface area (Å²) >= 11 is 7.49. The summed E-state index contributed by atoms with van der Waals surface area (Å²) in [5.74, 6) is 0.490. The lowest BCUT2D eigenvalue weighted by Gasteiger charge is -2.14. The molecule has 2 nitrogen and oxygen atoms in total. The topological polar surface area (TPSA) is 29.1 Å². The van der Waals surface area contributed by atoms with Crippen LogP contribution >= 0.6 is 23.4 Å². The lowest BCUT2D eigenvalue weighted by atomic mass is 10.2. The van der Waals surface area contributed by atoms with E-state index in [0.29, 0.717) is 10.8 Å². The predicted molar refractivity (Wildman–Crippen MR) is 74.7 cm³/mol. The largest absolute Gasteiger partial charge is 0.353 e. The standard InChI is InChI=1S/C13H18ClNOS/c1-3-10(4-2)15-13(16)9-17-12-8-6-5-7-11(12)14/h5-8,10H,3-4,9H2,1-2H3,(H,15,16). The molecule has 0 spiro atoms. The quantitative estimate of drug-likeness (QED) is 0.799. The molecule has 0 aliphatic heterocycles. The van der Waals surface area contributed by atoms with Gasteiger partial charge in [0.2, 0.25) is 5.91 Å². The Morgan fingerprint density at radius 3 is 2.59 bits per heavy atom. The van der Waals surface area contributed by atoms with Crippen molar-refractivity contribution in [2.24, 2.45) is 0 Å². The SMILES string of the molecule is CCC(CC)NC(=O)CSc1ccccc1Cl. The van der Waals surface area contributed by atoms with Crippen molar-refractivity contribution in [2.75, 3.05) is 5.75 Å². The van der Waals surface area contributed by atoms with E-state index < -0.39 is 0 Å². The highest BCUT2D eigenvalue weighted by Gasteiger charge is 2.09. The zero-order chi connectivity index (χ0) is 12.7. The Labute approximate surface area is 112 Å². The monoisotopic (exact) mass is 271 g/mol. The minimum Gasteiger partial charge on any atom is -0.353 e. The molecule has 1 aromatic carbocycles. The number of hydrogen-bond donors (Lipinski definition) is 1. The van der Waals surface area contributed by atoms with Crippen LogP contribution in [0.15, 0.2) is 29.2 Å². The first-order valence-electron chi connectivity index (χ1n) is 5.84. The Balaban J connectivity index is 2.41. The third kappa shape index (κ3) is 5.00. The average Bonchev–Trinajstić information content (AvgIpc) is 2.35. The molecular weight excluding hydrogens is 254 g/mol. The van der Waals surface area contributed by atoms with E-state index in [0.717, 1.165) is 17.7 Å². The zero-order valence-corrected chi connectivity index (χ0v) is 11.8. The molecule has 0 aliphatic rings. The van der Waals surface area contributed by atoms with Crippen LogP contribution in [0.2, 0.25) is 5.02 Å². The van der Waals surface area contributed by atoms with Crippen LogP contribution in [-0.4, -0.2) is 17.7 Å². The van der Waals surface area contributed by atoms with E-state index in [-0.39, 0.29) is 11.9 Å². The lowest BCUT2D eigenvalue weighted by molar-refractivity contribution is -0.119. The molecule has 17 heavy (non-hydrogen) atoms. The molecule has 4 heteroatoms. The normalized spacial score (nSPS) is 10.6. The molecule has 0 aliphatic carbocycles. The van der Waals surface area contributed by atoms with Gasteiger partial charge in [-0.2, -0.15) is 0 Å². The molecule has 0 saturated carbocycles. The van der Waals surface area contributed by atoms with Gasteiger partial charge in [0, 0.05) is 10.9 Å². The Kier molecular flexibility index (Phi) is 6.45. The molecule has 1 N–H and O–H groups in total. The van der Waals surface area contributed by atoms with Gasteiger partial charge in [-0.15, -0.1) is 11.8 Å². The second kappa shape index (κ2) is 7.62. The Morgan fingerprint density at radius 1 is 1.35 bits per heavy atom. The van der Waals surface area contributed by atoms with Crippen molar-refractivity contribution in [1.82, 2.24) is 5.32 Å². The molecule has 0 aromatic heterocycles. The van der Waals surface area contributed by atoms with Gasteiger partial charge in [-0.05, 0) is 25.0 Å². The van der Waals surface area contributed by atoms with Gasteiger partial charge in [0.1, 0.15) is 0 Å². The van der Waals surface area contributed by atoms with E-state index in [1.54, 1.807) is 0 Å². The fraction of sp³-hybridized carbons (Fsp3) is 0.462. The maximum atomic E-state index is 11.7. The van der Waals surface area contributed by atoms with E-state index in [1.807, 2.05) is 24.3 Å². The van der Waals surface area contributed by atoms with Gasteiger partial charge < -0.3 is 5.32 Å². The molecule has 0 saturated heterocycles. The van der Waals surface area contributed by atoms with E-state index in [9.17, 15) is 4.79 Å². The van der Waals surface area contributed by atoms with Crippen LogP contribution in [0.25, 0.3) is 0 Å². The van der Waals surface area contributed by atoms with E-state index in [1.165, 1.54) is 11.8 Å². The van der Waals surface area contributed by atoms with E-state index in [2.05, 4.69) is 19.2 Å². The average molecular weight is 272 g/mol. The third-order valence-corrected chi connectivity index (χ3v) is 4.06. The highest BCUT2D eigenvalue weighted by molar-refractivity contribution is 8.00. The van der Waals surface area contributed by atoms with Crippen LogP contribution in [0.3, 0.4) is 0 Å². The van der Waals surface area contributed by atoms with Crippen LogP contribution in [0.4, 0.5) is 0 Å². The minimum atomic E-state index is 0.0728. The van der Waals surface area contributed by atoms with Crippen molar-refractivity contribution in [3.63, 3.8) is 0 Å². The Bertz CT molecular complexity index is 366. The van der Waals surface area contributed by atoms with Gasteiger partial charge >= 0.3 is 0 Å². The maximum Gasteiger partial charge on any atom is 0.230 e. The van der Waals surface area contributed by atoms with Gasteiger partial charge in [0.05, 0.1) is 10.8 Å². The van der Waals surface area contributed by atoms with Crippen molar-refractivity contribution < 1.29 is 4.79 Å². The number of carbonyl (C=O) groups excluding carboxylic acids is 1. The predicted octanol–water partition coefficient (Wildman–Crippen LogP) is 3.74. The number of amides is 1. The first-order valence-corrected chi connectivity index (χ1v) is 7.20. The van der Waals surface area contributed by atoms with Crippen molar-refractivity contribution in [1.29, 1.82) is 0 Å². The van der Waals surface area contributed by atoms with Gasteiger partial charge in [-0.1, -0.05) is 37.6 Å². The summed E-state index contributed by atoms with van der Waals surface area (Å²) in [6.45, 7) is 4.16. The molecule has 0 bridgehead atoms. The molecule has 0 radical (unpaired) electrons. The molecule has 0 unspecified atom stereocenters. The first-order chi connectivity index (χ1) is 8.17. The second-order valence-electron chi connectivity index (χ2n) is 3.80. The molecule has 0 atom stereocenters. The van der Waals surface area contributed by atoms with E-state index in [4.69, 9.17) is 11.6 Å². The van der Waals surface area contributed by atoms with Crippen LogP contribution in [0, 0.1) is 0 Å². The highest BCUT2D eigenvalue weighted by Crippen LogP contribution is 2.26. The second-order valence-corrected chi connectivity index (χ2v) is 5.22. The number of hydrogen-bond acceptors (Lipinski definition) is 2. The number of rotatable bonds is 6. The van der Waals surface area contributed by atoms with Gasteiger partial charge in [0.15, 0.2) is 0 Å². The summed E-state index contributed by atoms with van der Waals surface area (Å²) in [7, 11) is 0. The van der Waals surface area contributed by atoms with Gasteiger partial charge in [-0.3, -0.25) is 4.79 Å². The summed E-state index contributed by atoms with van der Waals surface area (Å²) in [4.78, 5) is 12.6. The summed E-state index contributed by atoms with van der Waals surface area (Å²) < 4.78 is 0. The Morgan fingerprint density at radius 2 is 2.00 bits per heavy atom. The number of carbonyl (C=O) groups is 1. The van der Waals surface area contributed by atoms with Crippen molar-refractivity contribution in [3.05, 3.63) is 29.3 Å². The smallest absolute Gasteiger partial charge is 0.230 e. The molecule has 1 aromatic rings. The van der Waals surface area contributed by atoms with Gasteiger partial charge in [0.25, 0.3) is 0 Å². The molecule has 94 valence electrons. The molecule has 1 rings (SSSR count). The zero-order valence-electron chi connectivity index (χ0n) is 10.2. The first kappa shape index (κ1) is 14.4.